The number of hydrogen-bond donors (Lipinski definition) is 2. The van der Waals surface area contributed by atoms with E-state index in [0.29, 0.717) is 35.4 Å². The lowest BCUT2D eigenvalue weighted by Gasteiger charge is -2.15. The van der Waals surface area contributed by atoms with Crippen LogP contribution in [0.25, 0.3) is 0 Å². The minimum atomic E-state index is -0.640. The summed E-state index contributed by atoms with van der Waals surface area (Å²) in [5, 5.41) is 3.46. The van der Waals surface area contributed by atoms with Gasteiger partial charge >= 0.3 is 0 Å². The van der Waals surface area contributed by atoms with Crippen LogP contribution >= 0.6 is 24.0 Å². The lowest BCUT2D eigenvalue weighted by molar-refractivity contribution is -0.122. The van der Waals surface area contributed by atoms with Gasteiger partial charge in [-0.2, -0.15) is 0 Å². The molecular formula is C18H22Cl2N2O3. The fourth-order valence-electron chi connectivity index (χ4n) is 2.00. The van der Waals surface area contributed by atoms with E-state index < -0.39 is 6.10 Å². The smallest absolute Gasteiger partial charge is 0.265 e. The van der Waals surface area contributed by atoms with Gasteiger partial charge in [-0.05, 0) is 61.9 Å². The van der Waals surface area contributed by atoms with E-state index in [9.17, 15) is 4.79 Å². The van der Waals surface area contributed by atoms with E-state index in [0.717, 1.165) is 5.56 Å². The molecule has 0 bridgehead atoms. The van der Waals surface area contributed by atoms with Crippen molar-refractivity contribution in [2.75, 3.05) is 18.5 Å². The number of nitrogens with two attached hydrogens (primary N) is 1. The fraction of sp³-hybridized carbons (Fsp3) is 0.278. The Morgan fingerprint density at radius 1 is 1.20 bits per heavy atom. The summed E-state index contributed by atoms with van der Waals surface area (Å²) in [6.45, 7) is 4.49. The largest absolute Gasteiger partial charge is 0.492 e. The molecule has 1 amide bonds. The molecule has 136 valence electrons. The number of anilines is 1. The van der Waals surface area contributed by atoms with Crippen molar-refractivity contribution in [3.63, 3.8) is 0 Å². The van der Waals surface area contributed by atoms with E-state index in [2.05, 4.69) is 5.32 Å². The Labute approximate surface area is 158 Å². The monoisotopic (exact) mass is 384 g/mol. The van der Waals surface area contributed by atoms with E-state index in [1.54, 1.807) is 49.4 Å². The molecule has 0 aliphatic carbocycles. The first-order valence-electron chi connectivity index (χ1n) is 7.66. The first-order chi connectivity index (χ1) is 11.5. The summed E-state index contributed by atoms with van der Waals surface area (Å²) in [7, 11) is 0. The molecule has 5 nitrogen and oxygen atoms in total. The van der Waals surface area contributed by atoms with Crippen LogP contribution in [0.5, 0.6) is 11.5 Å². The van der Waals surface area contributed by atoms with Gasteiger partial charge < -0.3 is 20.5 Å². The van der Waals surface area contributed by atoms with E-state index in [1.807, 2.05) is 6.92 Å². The van der Waals surface area contributed by atoms with Crippen molar-refractivity contribution >= 4 is 35.6 Å². The van der Waals surface area contributed by atoms with Gasteiger partial charge in [0.05, 0.1) is 0 Å². The average Bonchev–Trinajstić information content (AvgIpc) is 2.57. The van der Waals surface area contributed by atoms with Crippen LogP contribution in [0.1, 0.15) is 12.5 Å². The third-order valence-corrected chi connectivity index (χ3v) is 3.74. The zero-order chi connectivity index (χ0) is 17.5. The second-order valence-corrected chi connectivity index (χ2v) is 5.73. The molecule has 1 atom stereocenters. The fourth-order valence-corrected chi connectivity index (χ4v) is 2.12. The minimum Gasteiger partial charge on any atom is -0.492 e. The molecule has 2 aromatic rings. The molecule has 0 saturated carbocycles. The summed E-state index contributed by atoms with van der Waals surface area (Å²) in [4.78, 5) is 12.2. The maximum Gasteiger partial charge on any atom is 0.265 e. The van der Waals surface area contributed by atoms with Gasteiger partial charge in [-0.15, -0.1) is 12.4 Å². The summed E-state index contributed by atoms with van der Waals surface area (Å²) in [5.74, 6) is 1.07. The number of aryl methyl sites for hydroxylation is 1. The zero-order valence-corrected chi connectivity index (χ0v) is 15.7. The molecule has 0 radical (unpaired) electrons. The SMILES string of the molecule is Cc1cc(OC(C)C(=O)Nc2ccc(OCCN)cc2)ccc1Cl.Cl. The molecule has 3 N–H and O–H groups in total. The molecule has 7 heteroatoms. The second-order valence-electron chi connectivity index (χ2n) is 5.32. The number of halogens is 2. The topological polar surface area (TPSA) is 73.6 Å². The number of nitrogens with one attached hydrogen (secondary N) is 1. The molecule has 0 spiro atoms. The lowest BCUT2D eigenvalue weighted by Crippen LogP contribution is -2.30. The summed E-state index contributed by atoms with van der Waals surface area (Å²) in [6.07, 6.45) is -0.640. The summed E-state index contributed by atoms with van der Waals surface area (Å²) < 4.78 is 11.0. The van der Waals surface area contributed by atoms with Crippen molar-refractivity contribution in [3.05, 3.63) is 53.1 Å². The van der Waals surface area contributed by atoms with Crippen molar-refractivity contribution in [2.24, 2.45) is 5.73 Å². The molecule has 25 heavy (non-hydrogen) atoms. The molecular weight excluding hydrogens is 363 g/mol. The number of rotatable bonds is 7. The number of benzene rings is 2. The third kappa shape index (κ3) is 6.46. The Morgan fingerprint density at radius 3 is 2.44 bits per heavy atom. The first-order valence-corrected chi connectivity index (χ1v) is 8.04. The highest BCUT2D eigenvalue weighted by atomic mass is 35.5. The summed E-state index contributed by atoms with van der Waals surface area (Å²) in [6, 6.07) is 12.4. The summed E-state index contributed by atoms with van der Waals surface area (Å²) >= 11 is 5.98. The van der Waals surface area contributed by atoms with E-state index in [-0.39, 0.29) is 18.3 Å². The van der Waals surface area contributed by atoms with E-state index in [4.69, 9.17) is 26.8 Å². The lowest BCUT2D eigenvalue weighted by atomic mass is 10.2. The first kappa shape index (κ1) is 21.1. The Morgan fingerprint density at radius 2 is 1.84 bits per heavy atom. The molecule has 0 aromatic heterocycles. The van der Waals surface area contributed by atoms with Gasteiger partial charge in [0, 0.05) is 17.3 Å². The van der Waals surface area contributed by atoms with Crippen LogP contribution in [0.2, 0.25) is 5.02 Å². The van der Waals surface area contributed by atoms with Crippen LogP contribution in [0.15, 0.2) is 42.5 Å². The van der Waals surface area contributed by atoms with Crippen molar-refractivity contribution in [2.45, 2.75) is 20.0 Å². The summed E-state index contributed by atoms with van der Waals surface area (Å²) in [5.41, 5.74) is 6.95. The highest BCUT2D eigenvalue weighted by molar-refractivity contribution is 6.31. The van der Waals surface area contributed by atoms with Gasteiger partial charge in [-0.25, -0.2) is 0 Å². The number of carbonyl (C=O) groups is 1. The van der Waals surface area contributed by atoms with Crippen molar-refractivity contribution in [1.82, 2.24) is 0 Å². The van der Waals surface area contributed by atoms with Crippen molar-refractivity contribution in [1.29, 1.82) is 0 Å². The van der Waals surface area contributed by atoms with E-state index >= 15 is 0 Å². The van der Waals surface area contributed by atoms with Crippen LogP contribution in [0.3, 0.4) is 0 Å². The van der Waals surface area contributed by atoms with Gasteiger partial charge in [0.1, 0.15) is 18.1 Å². The molecule has 0 heterocycles. The van der Waals surface area contributed by atoms with Crippen LogP contribution in [-0.4, -0.2) is 25.2 Å². The molecule has 1 unspecified atom stereocenters. The minimum absolute atomic E-state index is 0. The second kappa shape index (κ2) is 10.1. The van der Waals surface area contributed by atoms with Crippen molar-refractivity contribution in [3.8, 4) is 11.5 Å². The number of carbonyl (C=O) groups excluding carboxylic acids is 1. The standard InChI is InChI=1S/C18H21ClN2O3.ClH/c1-12-11-16(7-8-17(12)19)24-13(2)18(22)21-14-3-5-15(6-4-14)23-10-9-20;/h3-8,11,13H,9-10,20H2,1-2H3,(H,21,22);1H. The Hall–Kier alpha value is -1.95. The van der Waals surface area contributed by atoms with Gasteiger partial charge in [0.2, 0.25) is 0 Å². The molecule has 2 rings (SSSR count). The molecule has 0 aliphatic heterocycles. The zero-order valence-electron chi connectivity index (χ0n) is 14.1. The van der Waals surface area contributed by atoms with Crippen LogP contribution in [-0.2, 0) is 4.79 Å². The van der Waals surface area contributed by atoms with Gasteiger partial charge in [-0.3, -0.25) is 4.79 Å². The maximum absolute atomic E-state index is 12.2. The van der Waals surface area contributed by atoms with E-state index in [1.165, 1.54) is 0 Å². The van der Waals surface area contributed by atoms with Crippen LogP contribution < -0.4 is 20.5 Å². The highest BCUT2D eigenvalue weighted by Gasteiger charge is 2.15. The number of ether oxygens (including phenoxy) is 2. The van der Waals surface area contributed by atoms with Crippen molar-refractivity contribution < 1.29 is 14.3 Å². The Balaban J connectivity index is 0.00000312. The van der Waals surface area contributed by atoms with Gasteiger partial charge in [-0.1, -0.05) is 11.6 Å². The predicted molar refractivity (Wildman–Crippen MR) is 103 cm³/mol. The molecule has 0 aliphatic rings. The Bertz CT molecular complexity index is 693. The third-order valence-electron chi connectivity index (χ3n) is 3.32. The quantitative estimate of drug-likeness (QED) is 0.760. The molecule has 2 aromatic carbocycles. The Kier molecular flexibility index (Phi) is 8.55. The normalized spacial score (nSPS) is 11.2. The molecule has 0 saturated heterocycles. The number of hydrogen-bond acceptors (Lipinski definition) is 4. The predicted octanol–water partition coefficient (Wildman–Crippen LogP) is 3.81. The maximum atomic E-state index is 12.2. The molecule has 0 fully saturated rings. The van der Waals surface area contributed by atoms with Gasteiger partial charge in [0.25, 0.3) is 5.91 Å². The number of amides is 1. The van der Waals surface area contributed by atoms with Crippen LogP contribution in [0, 0.1) is 6.92 Å². The average molecular weight is 385 g/mol. The van der Waals surface area contributed by atoms with Crippen LogP contribution in [0.4, 0.5) is 5.69 Å². The van der Waals surface area contributed by atoms with Gasteiger partial charge in [0.15, 0.2) is 6.10 Å². The highest BCUT2D eigenvalue weighted by Crippen LogP contribution is 2.22.